The monoisotopic (exact) mass is 390 g/mol. The molecule has 0 radical (unpaired) electrons. The van der Waals surface area contributed by atoms with E-state index in [-0.39, 0.29) is 0 Å². The van der Waals surface area contributed by atoms with Crippen LogP contribution in [0, 0.1) is 0 Å². The zero-order valence-electron chi connectivity index (χ0n) is 16.3. The largest absolute Gasteiger partial charge is 0.0984 e. The van der Waals surface area contributed by atoms with Gasteiger partial charge in [-0.15, -0.1) is 0 Å². The van der Waals surface area contributed by atoms with Crippen LogP contribution in [0.25, 0.3) is 18.2 Å². The van der Waals surface area contributed by atoms with Gasteiger partial charge in [-0.3, -0.25) is 0 Å². The molecule has 0 fully saturated rings. The first-order chi connectivity index (χ1) is 14.3. The molecule has 0 saturated carbocycles. The lowest BCUT2D eigenvalue weighted by Crippen LogP contribution is -2.22. The summed E-state index contributed by atoms with van der Waals surface area (Å²) >= 11 is 0. The summed E-state index contributed by atoms with van der Waals surface area (Å²) in [5.41, 5.74) is 3.62. The highest BCUT2D eigenvalue weighted by Gasteiger charge is 2.18. The minimum absolute atomic E-state index is 0.633. The van der Waals surface area contributed by atoms with Crippen molar-refractivity contribution in [3.8, 4) is 0 Å². The molecule has 0 heterocycles. The van der Waals surface area contributed by atoms with Crippen molar-refractivity contribution in [2.24, 2.45) is 0 Å². The summed E-state index contributed by atoms with van der Waals surface area (Å²) in [7, 11) is -0.633. The Balaban J connectivity index is 1.70. The minimum atomic E-state index is -0.633. The van der Waals surface area contributed by atoms with Crippen molar-refractivity contribution in [1.29, 1.82) is 0 Å². The average Bonchev–Trinajstić information content (AvgIpc) is 2.80. The quantitative estimate of drug-likeness (QED) is 0.269. The molecule has 4 rings (SSSR count). The fourth-order valence-electron chi connectivity index (χ4n) is 3.36. The lowest BCUT2D eigenvalue weighted by molar-refractivity contribution is 1.66. The molecule has 0 spiro atoms. The van der Waals surface area contributed by atoms with Crippen molar-refractivity contribution in [2.45, 2.75) is 0 Å². The third-order valence-corrected chi connectivity index (χ3v) is 7.35. The van der Waals surface area contributed by atoms with Crippen molar-refractivity contribution in [2.75, 3.05) is 0 Å². The number of hydrogen-bond donors (Lipinski definition) is 0. The van der Waals surface area contributed by atoms with Gasteiger partial charge < -0.3 is 0 Å². The molecular formula is C28H23P. The summed E-state index contributed by atoms with van der Waals surface area (Å²) < 4.78 is 0. The Kier molecular flexibility index (Phi) is 6.15. The predicted molar refractivity (Wildman–Crippen MR) is 131 cm³/mol. The Bertz CT molecular complexity index is 1090. The number of rotatable bonds is 6. The van der Waals surface area contributed by atoms with E-state index in [1.807, 2.05) is 12.1 Å². The fraction of sp³-hybridized carbons (Fsp3) is 0. The zero-order valence-corrected chi connectivity index (χ0v) is 17.2. The fourth-order valence-corrected chi connectivity index (χ4v) is 5.79. The second kappa shape index (κ2) is 9.32. The van der Waals surface area contributed by atoms with Gasteiger partial charge in [0.05, 0.1) is 0 Å². The smallest absolute Gasteiger partial charge is 0.00789 e. The average molecular weight is 390 g/mol. The lowest BCUT2D eigenvalue weighted by Gasteiger charge is -2.21. The maximum Gasteiger partial charge on any atom is -0.00789 e. The molecule has 29 heavy (non-hydrogen) atoms. The Hall–Kier alpha value is -3.21. The van der Waals surface area contributed by atoms with Gasteiger partial charge in [-0.05, 0) is 40.5 Å². The molecule has 0 aromatic heterocycles. The van der Waals surface area contributed by atoms with E-state index < -0.39 is 7.92 Å². The molecule has 0 bridgehead atoms. The first-order valence-electron chi connectivity index (χ1n) is 9.75. The van der Waals surface area contributed by atoms with E-state index in [0.717, 1.165) is 0 Å². The van der Waals surface area contributed by atoms with Crippen molar-refractivity contribution in [3.63, 3.8) is 0 Å². The van der Waals surface area contributed by atoms with Gasteiger partial charge in [0.1, 0.15) is 0 Å². The van der Waals surface area contributed by atoms with Gasteiger partial charge in [0.25, 0.3) is 0 Å². The molecule has 0 aliphatic rings. The third kappa shape index (κ3) is 4.62. The Morgan fingerprint density at radius 1 is 0.517 bits per heavy atom. The van der Waals surface area contributed by atoms with Crippen LogP contribution in [0.1, 0.15) is 16.7 Å². The molecule has 0 nitrogen and oxygen atoms in total. The minimum Gasteiger partial charge on any atom is -0.0984 e. The second-order valence-electron chi connectivity index (χ2n) is 6.77. The number of benzene rings is 4. The van der Waals surface area contributed by atoms with E-state index >= 15 is 0 Å². The van der Waals surface area contributed by atoms with Crippen LogP contribution < -0.4 is 15.9 Å². The van der Waals surface area contributed by atoms with E-state index in [4.69, 9.17) is 0 Å². The summed E-state index contributed by atoms with van der Waals surface area (Å²) in [6.07, 6.45) is 6.29. The van der Waals surface area contributed by atoms with Crippen LogP contribution in [0.15, 0.2) is 116 Å². The molecule has 0 saturated heterocycles. The van der Waals surface area contributed by atoms with Gasteiger partial charge in [0, 0.05) is 0 Å². The molecule has 0 aliphatic heterocycles. The van der Waals surface area contributed by atoms with Crippen LogP contribution in [0.3, 0.4) is 0 Å². The topological polar surface area (TPSA) is 0 Å². The van der Waals surface area contributed by atoms with Gasteiger partial charge in [0.15, 0.2) is 0 Å². The maximum atomic E-state index is 4.03. The molecule has 0 amide bonds. The van der Waals surface area contributed by atoms with Crippen LogP contribution in [0.5, 0.6) is 0 Å². The lowest BCUT2D eigenvalue weighted by atomic mass is 10.1. The Labute approximate surface area is 174 Å². The summed E-state index contributed by atoms with van der Waals surface area (Å²) in [5, 5.41) is 4.04. The third-order valence-electron chi connectivity index (χ3n) is 4.83. The van der Waals surface area contributed by atoms with E-state index in [1.54, 1.807) is 0 Å². The highest BCUT2D eigenvalue weighted by atomic mass is 31.1. The van der Waals surface area contributed by atoms with Gasteiger partial charge in [-0.1, -0.05) is 134 Å². The molecule has 140 valence electrons. The highest BCUT2D eigenvalue weighted by molar-refractivity contribution is 7.80. The van der Waals surface area contributed by atoms with Gasteiger partial charge in [-0.25, -0.2) is 0 Å². The summed E-state index contributed by atoms with van der Waals surface area (Å²) in [6, 6.07) is 38.7. The van der Waals surface area contributed by atoms with E-state index in [1.165, 1.54) is 32.6 Å². The molecule has 4 aromatic carbocycles. The van der Waals surface area contributed by atoms with Gasteiger partial charge >= 0.3 is 0 Å². The summed E-state index contributed by atoms with van der Waals surface area (Å²) in [6.45, 7) is 4.03. The molecule has 1 unspecified atom stereocenters. The Morgan fingerprint density at radius 2 is 1.03 bits per heavy atom. The predicted octanol–water partition coefficient (Wildman–Crippen LogP) is 6.26. The highest BCUT2D eigenvalue weighted by Crippen LogP contribution is 2.34. The number of hydrogen-bond acceptors (Lipinski definition) is 0. The molecule has 0 N–H and O–H groups in total. The summed E-state index contributed by atoms with van der Waals surface area (Å²) in [5.74, 6) is 0. The van der Waals surface area contributed by atoms with Crippen LogP contribution in [-0.4, -0.2) is 0 Å². The summed E-state index contributed by atoms with van der Waals surface area (Å²) in [4.78, 5) is 0. The molecule has 1 atom stereocenters. The SMILES string of the molecule is C=Cc1ccccc1P(c1ccccc1)c1ccc(/C=C/c2ccccc2)cc1. The standard InChI is InChI=1S/C28H23P/c1-2-25-13-9-10-16-28(25)29(26-14-7-4-8-15-26)27-21-19-24(20-22-27)18-17-23-11-5-3-6-12-23/h2-22H,1H2/b18-17+. The second-order valence-corrected chi connectivity index (χ2v) is 8.95. The van der Waals surface area contributed by atoms with E-state index in [9.17, 15) is 0 Å². The van der Waals surface area contributed by atoms with Gasteiger partial charge in [0.2, 0.25) is 0 Å². The van der Waals surface area contributed by atoms with Crippen molar-refractivity contribution in [1.82, 2.24) is 0 Å². The van der Waals surface area contributed by atoms with E-state index in [0.29, 0.717) is 0 Å². The van der Waals surface area contributed by atoms with E-state index in [2.05, 4.69) is 122 Å². The first kappa shape index (κ1) is 19.1. The molecule has 0 aliphatic carbocycles. The normalized spacial score (nSPS) is 12.0. The van der Waals surface area contributed by atoms with Crippen molar-refractivity contribution < 1.29 is 0 Å². The van der Waals surface area contributed by atoms with Crippen LogP contribution >= 0.6 is 7.92 Å². The van der Waals surface area contributed by atoms with Crippen LogP contribution in [-0.2, 0) is 0 Å². The van der Waals surface area contributed by atoms with Crippen LogP contribution in [0.2, 0.25) is 0 Å². The molecule has 1 heteroatoms. The Morgan fingerprint density at radius 3 is 1.69 bits per heavy atom. The molecular weight excluding hydrogens is 367 g/mol. The molecule has 4 aromatic rings. The van der Waals surface area contributed by atoms with Crippen molar-refractivity contribution in [3.05, 3.63) is 132 Å². The van der Waals surface area contributed by atoms with Crippen LogP contribution in [0.4, 0.5) is 0 Å². The van der Waals surface area contributed by atoms with Crippen molar-refractivity contribution >= 4 is 42.1 Å². The van der Waals surface area contributed by atoms with Gasteiger partial charge in [-0.2, -0.15) is 0 Å². The maximum absolute atomic E-state index is 4.03. The zero-order chi connectivity index (χ0) is 19.9. The first-order valence-corrected chi connectivity index (χ1v) is 11.1.